The van der Waals surface area contributed by atoms with E-state index in [2.05, 4.69) is 19.7 Å². The van der Waals surface area contributed by atoms with Crippen molar-refractivity contribution in [2.75, 3.05) is 52.9 Å². The zero-order valence-electron chi connectivity index (χ0n) is 40.9. The quantitative estimate of drug-likeness (QED) is 0.0138. The van der Waals surface area contributed by atoms with Crippen LogP contribution < -0.4 is 23.7 Å². The minimum atomic E-state index is -0.904. The van der Waals surface area contributed by atoms with Crippen molar-refractivity contribution in [2.24, 2.45) is 0 Å². The molecule has 0 aliphatic carbocycles. The molecule has 73 heavy (non-hydrogen) atoms. The fourth-order valence-corrected chi connectivity index (χ4v) is 6.34. The SMILES string of the molecule is C=CC(=O)OCCCCCCOc1ccc(C(=O)OCCCOC(=O)c2cc(OC(=O)c3ccc(OCCCCCOC(=O)C=C)cc3)ccc2OC(=O)c2ccc(OCCCCCOC(=O)C=C)cc2)cc1. The van der Waals surface area contributed by atoms with Crippen molar-refractivity contribution in [3.8, 4) is 28.7 Å². The molecule has 17 heteroatoms. The van der Waals surface area contributed by atoms with E-state index in [1.807, 2.05) is 0 Å². The Bertz CT molecular complexity index is 2420. The average molecular weight is 1010 g/mol. The zero-order chi connectivity index (χ0) is 52.5. The number of carbonyl (C=O) groups excluding carboxylic acids is 7. The molecule has 0 atom stereocenters. The molecule has 0 N–H and O–H groups in total. The highest BCUT2D eigenvalue weighted by Gasteiger charge is 2.21. The second-order valence-electron chi connectivity index (χ2n) is 15.8. The summed E-state index contributed by atoms with van der Waals surface area (Å²) >= 11 is 0. The Hall–Kier alpha value is -8.21. The van der Waals surface area contributed by atoms with Crippen LogP contribution in [0.4, 0.5) is 0 Å². The Balaban J connectivity index is 1.29. The first-order valence-corrected chi connectivity index (χ1v) is 24.0. The highest BCUT2D eigenvalue weighted by molar-refractivity contribution is 5.97. The lowest BCUT2D eigenvalue weighted by molar-refractivity contribution is -0.138. The molecule has 4 rings (SSSR count). The van der Waals surface area contributed by atoms with Crippen LogP contribution >= 0.6 is 0 Å². The van der Waals surface area contributed by atoms with Gasteiger partial charge >= 0.3 is 41.8 Å². The molecule has 0 amide bonds. The Labute approximate surface area is 424 Å². The lowest BCUT2D eigenvalue weighted by Gasteiger charge is -2.13. The molecule has 17 nitrogen and oxygen atoms in total. The van der Waals surface area contributed by atoms with Crippen LogP contribution in [-0.4, -0.2) is 94.6 Å². The Morgan fingerprint density at radius 1 is 0.329 bits per heavy atom. The predicted molar refractivity (Wildman–Crippen MR) is 267 cm³/mol. The molecular weight excluding hydrogens is 945 g/mol. The van der Waals surface area contributed by atoms with Crippen LogP contribution in [0, 0.1) is 0 Å². The fourth-order valence-electron chi connectivity index (χ4n) is 6.34. The monoisotopic (exact) mass is 1010 g/mol. The summed E-state index contributed by atoms with van der Waals surface area (Å²) in [5.41, 5.74) is 0.433. The van der Waals surface area contributed by atoms with Gasteiger partial charge in [0.05, 0.1) is 69.5 Å². The fraction of sp³-hybridized carbons (Fsp3) is 0.339. The van der Waals surface area contributed by atoms with Crippen molar-refractivity contribution in [1.29, 1.82) is 0 Å². The maximum atomic E-state index is 13.6. The van der Waals surface area contributed by atoms with Crippen molar-refractivity contribution < 1.29 is 80.9 Å². The number of esters is 7. The minimum Gasteiger partial charge on any atom is -0.494 e. The van der Waals surface area contributed by atoms with E-state index in [-0.39, 0.29) is 47.8 Å². The van der Waals surface area contributed by atoms with E-state index >= 15 is 0 Å². The van der Waals surface area contributed by atoms with E-state index in [4.69, 9.17) is 47.4 Å². The van der Waals surface area contributed by atoms with E-state index in [1.165, 1.54) is 42.5 Å². The molecule has 4 aromatic rings. The molecule has 0 radical (unpaired) electrons. The molecular formula is C56H62O17. The van der Waals surface area contributed by atoms with Crippen molar-refractivity contribution >= 4 is 41.8 Å². The molecule has 0 fully saturated rings. The van der Waals surface area contributed by atoms with Gasteiger partial charge in [-0.05, 0) is 155 Å². The van der Waals surface area contributed by atoms with Crippen molar-refractivity contribution in [3.63, 3.8) is 0 Å². The molecule has 0 saturated heterocycles. The maximum absolute atomic E-state index is 13.6. The third-order valence-corrected chi connectivity index (χ3v) is 10.3. The van der Waals surface area contributed by atoms with Gasteiger partial charge in [-0.1, -0.05) is 19.7 Å². The number of hydrogen-bond acceptors (Lipinski definition) is 17. The Morgan fingerprint density at radius 2 is 0.658 bits per heavy atom. The van der Waals surface area contributed by atoms with Crippen LogP contribution in [0.3, 0.4) is 0 Å². The average Bonchev–Trinajstić information content (AvgIpc) is 3.41. The van der Waals surface area contributed by atoms with Crippen molar-refractivity contribution in [2.45, 2.75) is 70.6 Å². The summed E-state index contributed by atoms with van der Waals surface area (Å²) < 4.78 is 54.3. The number of unbranched alkanes of at least 4 members (excludes halogenated alkanes) is 7. The minimum absolute atomic E-state index is 0.0406. The molecule has 0 spiro atoms. The molecule has 0 aliphatic heterocycles. The molecule has 0 unspecified atom stereocenters. The van der Waals surface area contributed by atoms with E-state index in [0.29, 0.717) is 81.7 Å². The number of ether oxygens (including phenoxy) is 10. The smallest absolute Gasteiger partial charge is 0.343 e. The van der Waals surface area contributed by atoms with E-state index in [0.717, 1.165) is 63.2 Å². The second-order valence-corrected chi connectivity index (χ2v) is 15.8. The largest absolute Gasteiger partial charge is 0.494 e. The summed E-state index contributed by atoms with van der Waals surface area (Å²) in [5.74, 6) is -2.96. The summed E-state index contributed by atoms with van der Waals surface area (Å²) in [4.78, 5) is 86.3. The third kappa shape index (κ3) is 22.6. The highest BCUT2D eigenvalue weighted by Crippen LogP contribution is 2.28. The van der Waals surface area contributed by atoms with Crippen molar-refractivity contribution in [1.82, 2.24) is 0 Å². The van der Waals surface area contributed by atoms with Gasteiger partial charge in [-0.3, -0.25) is 0 Å². The van der Waals surface area contributed by atoms with Gasteiger partial charge in [0.15, 0.2) is 0 Å². The van der Waals surface area contributed by atoms with Crippen LogP contribution in [0.1, 0.15) is 112 Å². The van der Waals surface area contributed by atoms with Gasteiger partial charge < -0.3 is 47.4 Å². The normalized spacial score (nSPS) is 10.4. The van der Waals surface area contributed by atoms with Crippen LogP contribution in [-0.2, 0) is 38.1 Å². The van der Waals surface area contributed by atoms with Gasteiger partial charge in [0.2, 0.25) is 0 Å². The second kappa shape index (κ2) is 33.4. The Morgan fingerprint density at radius 3 is 1.07 bits per heavy atom. The third-order valence-electron chi connectivity index (χ3n) is 10.3. The van der Waals surface area contributed by atoms with Crippen LogP contribution in [0.15, 0.2) is 129 Å². The summed E-state index contributed by atoms with van der Waals surface area (Å²) in [6, 6.07) is 22.9. The topological polar surface area (TPSA) is 212 Å². The lowest BCUT2D eigenvalue weighted by Crippen LogP contribution is -2.15. The maximum Gasteiger partial charge on any atom is 0.343 e. The summed E-state index contributed by atoms with van der Waals surface area (Å²) in [5, 5.41) is 0. The van der Waals surface area contributed by atoms with Gasteiger partial charge in [0, 0.05) is 24.6 Å². The molecule has 0 saturated carbocycles. The van der Waals surface area contributed by atoms with Crippen LogP contribution in [0.25, 0.3) is 0 Å². The van der Waals surface area contributed by atoms with E-state index in [9.17, 15) is 33.6 Å². The lowest BCUT2D eigenvalue weighted by atomic mass is 10.1. The molecule has 4 aromatic carbocycles. The highest BCUT2D eigenvalue weighted by atomic mass is 16.6. The first-order chi connectivity index (χ1) is 35.5. The van der Waals surface area contributed by atoms with Gasteiger partial charge in [0.25, 0.3) is 0 Å². The molecule has 0 heterocycles. The molecule has 388 valence electrons. The standard InChI is InChI=1S/C56H62O17/c1-4-50(57)67-35-12-8-7-11-32-64-44-24-18-41(19-25-44)53(60)70-38-17-39-71-56(63)48-40-47(72-54(61)42-20-26-45(27-21-42)65-33-13-9-15-36-68-51(58)5-2)30-31-49(48)73-55(62)43-22-28-46(29-23-43)66-34-14-10-16-37-69-52(59)6-3/h4-6,18-31,40H,1-3,7-17,32-39H2. The first kappa shape index (κ1) is 57.4. The molecule has 0 bridgehead atoms. The zero-order valence-corrected chi connectivity index (χ0v) is 40.9. The Kier molecular flexibility index (Phi) is 26.2. The van der Waals surface area contributed by atoms with Gasteiger partial charge in [-0.15, -0.1) is 0 Å². The number of hydrogen-bond donors (Lipinski definition) is 0. The van der Waals surface area contributed by atoms with E-state index < -0.39 is 41.8 Å². The predicted octanol–water partition coefficient (Wildman–Crippen LogP) is 9.75. The van der Waals surface area contributed by atoms with Gasteiger partial charge in [-0.2, -0.15) is 0 Å². The van der Waals surface area contributed by atoms with Gasteiger partial charge in [-0.25, -0.2) is 33.6 Å². The summed E-state index contributed by atoms with van der Waals surface area (Å²) in [7, 11) is 0. The van der Waals surface area contributed by atoms with E-state index in [1.54, 1.807) is 48.5 Å². The summed E-state index contributed by atoms with van der Waals surface area (Å²) in [6.45, 7) is 12.1. The number of rotatable bonds is 35. The first-order valence-electron chi connectivity index (χ1n) is 24.0. The molecule has 0 aromatic heterocycles. The van der Waals surface area contributed by atoms with Crippen LogP contribution in [0.5, 0.6) is 28.7 Å². The number of benzene rings is 4. The molecule has 0 aliphatic rings. The van der Waals surface area contributed by atoms with Gasteiger partial charge in [0.1, 0.15) is 34.3 Å². The summed E-state index contributed by atoms with van der Waals surface area (Å²) in [6.07, 6.45) is 11.2. The van der Waals surface area contributed by atoms with Crippen LogP contribution in [0.2, 0.25) is 0 Å². The number of carbonyl (C=O) groups is 7. The van der Waals surface area contributed by atoms with Crippen molar-refractivity contribution in [3.05, 3.63) is 151 Å².